The molecule has 5 rings (SSSR count). The maximum absolute atomic E-state index is 13.0. The highest BCUT2D eigenvalue weighted by Crippen LogP contribution is 2.41. The average molecular weight is 442 g/mol. The molecule has 7 nitrogen and oxygen atoms in total. The fourth-order valence-corrected chi connectivity index (χ4v) is 4.45. The summed E-state index contributed by atoms with van der Waals surface area (Å²) in [5.41, 5.74) is 1.36. The predicted molar refractivity (Wildman–Crippen MR) is 112 cm³/mol. The minimum absolute atomic E-state index is 0.129. The number of aromatic nitrogens is 4. The lowest BCUT2D eigenvalue weighted by molar-refractivity contribution is -0.137. The van der Waals surface area contributed by atoms with Gasteiger partial charge in [0.25, 0.3) is 0 Å². The third-order valence-corrected chi connectivity index (χ3v) is 6.03. The number of aryl methyl sites for hydroxylation is 1. The first-order valence-electron chi connectivity index (χ1n) is 10.5. The van der Waals surface area contributed by atoms with Gasteiger partial charge in [0.05, 0.1) is 11.3 Å². The maximum atomic E-state index is 13.0. The molecule has 2 aromatic heterocycles. The zero-order valence-corrected chi connectivity index (χ0v) is 17.4. The average Bonchev–Trinajstić information content (AvgIpc) is 3.41. The molecule has 1 unspecified atom stereocenters. The van der Waals surface area contributed by atoms with Gasteiger partial charge in [0.1, 0.15) is 5.82 Å². The molecule has 0 saturated carbocycles. The molecular formula is C22H21F3N6O. The van der Waals surface area contributed by atoms with Crippen LogP contribution in [-0.2, 0) is 11.0 Å². The molecule has 4 heterocycles. The van der Waals surface area contributed by atoms with Crippen molar-refractivity contribution >= 4 is 17.5 Å². The summed E-state index contributed by atoms with van der Waals surface area (Å²) < 4.78 is 40.4. The molecule has 1 fully saturated rings. The van der Waals surface area contributed by atoms with Crippen molar-refractivity contribution in [1.82, 2.24) is 20.0 Å². The van der Waals surface area contributed by atoms with Gasteiger partial charge in [-0.3, -0.25) is 4.79 Å². The fraction of sp³-hybridized carbons (Fsp3) is 0.364. The molecule has 0 spiro atoms. The van der Waals surface area contributed by atoms with Crippen molar-refractivity contribution in [3.8, 4) is 5.82 Å². The standard InChI is InChI=1S/C22H21F3N6O/c1-13-20-16(14-4-6-15(7-5-14)22(23,24)25)12-19(32)26-21(20)31(29-13)18-9-8-17(27-28-18)30-10-2-3-11-30/h4-9,16H,2-3,10-12H2,1H3,(H,26,32). The van der Waals surface area contributed by atoms with Gasteiger partial charge in [-0.1, -0.05) is 12.1 Å². The van der Waals surface area contributed by atoms with Gasteiger partial charge >= 0.3 is 6.18 Å². The van der Waals surface area contributed by atoms with Crippen molar-refractivity contribution in [2.45, 2.75) is 38.3 Å². The Morgan fingerprint density at radius 1 is 1.00 bits per heavy atom. The number of amides is 1. The van der Waals surface area contributed by atoms with Crippen LogP contribution in [0.4, 0.5) is 24.8 Å². The van der Waals surface area contributed by atoms with Crippen LogP contribution >= 0.6 is 0 Å². The van der Waals surface area contributed by atoms with Gasteiger partial charge in [-0.05, 0) is 49.6 Å². The van der Waals surface area contributed by atoms with Gasteiger partial charge in [-0.15, -0.1) is 10.2 Å². The molecular weight excluding hydrogens is 421 g/mol. The van der Waals surface area contributed by atoms with E-state index in [0.29, 0.717) is 22.9 Å². The van der Waals surface area contributed by atoms with E-state index in [1.165, 1.54) is 12.1 Å². The highest BCUT2D eigenvalue weighted by molar-refractivity contribution is 5.95. The Kier molecular flexibility index (Phi) is 4.87. The van der Waals surface area contributed by atoms with E-state index in [0.717, 1.165) is 49.4 Å². The van der Waals surface area contributed by atoms with Crippen LogP contribution in [0.1, 0.15) is 47.6 Å². The lowest BCUT2D eigenvalue weighted by atomic mass is 9.85. The summed E-state index contributed by atoms with van der Waals surface area (Å²) in [5, 5.41) is 16.0. The van der Waals surface area contributed by atoms with E-state index in [-0.39, 0.29) is 12.3 Å². The summed E-state index contributed by atoms with van der Waals surface area (Å²) in [5.74, 6) is 1.12. The van der Waals surface area contributed by atoms with Crippen LogP contribution < -0.4 is 10.2 Å². The van der Waals surface area contributed by atoms with Gasteiger partial charge in [0.2, 0.25) is 5.91 Å². The van der Waals surface area contributed by atoms with Gasteiger partial charge < -0.3 is 10.2 Å². The van der Waals surface area contributed by atoms with Crippen LogP contribution in [0.5, 0.6) is 0 Å². The second kappa shape index (κ2) is 7.61. The third-order valence-electron chi connectivity index (χ3n) is 6.03. The molecule has 1 amide bonds. The summed E-state index contributed by atoms with van der Waals surface area (Å²) in [4.78, 5) is 14.7. The van der Waals surface area contributed by atoms with E-state index in [1.807, 2.05) is 13.0 Å². The van der Waals surface area contributed by atoms with E-state index in [1.54, 1.807) is 10.7 Å². The molecule has 0 bridgehead atoms. The minimum atomic E-state index is -4.41. The second-order valence-corrected chi connectivity index (χ2v) is 8.13. The summed E-state index contributed by atoms with van der Waals surface area (Å²) in [6.45, 7) is 3.72. The van der Waals surface area contributed by atoms with E-state index < -0.39 is 17.7 Å². The Morgan fingerprint density at radius 2 is 1.66 bits per heavy atom. The SMILES string of the molecule is Cc1nn(-c2ccc(N3CCCC3)nn2)c2c1C(c1ccc(C(F)(F)F)cc1)CC(=O)N2. The van der Waals surface area contributed by atoms with E-state index in [2.05, 4.69) is 25.5 Å². The number of nitrogens with zero attached hydrogens (tertiary/aromatic N) is 5. The first kappa shape index (κ1) is 20.5. The first-order chi connectivity index (χ1) is 15.3. The quantitative estimate of drug-likeness (QED) is 0.662. The molecule has 1 N–H and O–H groups in total. The molecule has 3 aromatic rings. The monoisotopic (exact) mass is 442 g/mol. The fourth-order valence-electron chi connectivity index (χ4n) is 4.45. The summed E-state index contributed by atoms with van der Waals surface area (Å²) >= 11 is 0. The molecule has 0 aliphatic carbocycles. The van der Waals surface area contributed by atoms with Crippen LogP contribution in [0.2, 0.25) is 0 Å². The smallest absolute Gasteiger partial charge is 0.355 e. The molecule has 1 saturated heterocycles. The van der Waals surface area contributed by atoms with Crippen molar-refractivity contribution in [2.75, 3.05) is 23.3 Å². The lowest BCUT2D eigenvalue weighted by Gasteiger charge is -2.24. The Morgan fingerprint density at radius 3 is 2.28 bits per heavy atom. The van der Waals surface area contributed by atoms with E-state index in [9.17, 15) is 18.0 Å². The minimum Gasteiger partial charge on any atom is -0.355 e. The number of alkyl halides is 3. The Bertz CT molecular complexity index is 1150. The number of rotatable bonds is 3. The number of anilines is 2. The first-order valence-corrected chi connectivity index (χ1v) is 10.5. The van der Waals surface area contributed by atoms with Gasteiger partial charge in [-0.2, -0.15) is 23.0 Å². The van der Waals surface area contributed by atoms with Crippen molar-refractivity contribution in [2.24, 2.45) is 0 Å². The zero-order chi connectivity index (χ0) is 22.5. The van der Waals surface area contributed by atoms with Gasteiger partial charge in [-0.25, -0.2) is 0 Å². The number of hydrogen-bond donors (Lipinski definition) is 1. The van der Waals surface area contributed by atoms with E-state index >= 15 is 0 Å². The molecule has 2 aliphatic heterocycles. The predicted octanol–water partition coefficient (Wildman–Crippen LogP) is 4.06. The molecule has 1 atom stereocenters. The highest BCUT2D eigenvalue weighted by atomic mass is 19.4. The molecule has 32 heavy (non-hydrogen) atoms. The molecule has 10 heteroatoms. The molecule has 0 radical (unpaired) electrons. The summed E-state index contributed by atoms with van der Waals surface area (Å²) in [7, 11) is 0. The topological polar surface area (TPSA) is 75.9 Å². The Labute approximate surface area is 182 Å². The number of nitrogens with one attached hydrogen (secondary N) is 1. The lowest BCUT2D eigenvalue weighted by Crippen LogP contribution is -2.25. The maximum Gasteiger partial charge on any atom is 0.416 e. The second-order valence-electron chi connectivity index (χ2n) is 8.13. The molecule has 2 aliphatic rings. The largest absolute Gasteiger partial charge is 0.416 e. The van der Waals surface area contributed by atoms with Gasteiger partial charge in [0.15, 0.2) is 11.6 Å². The molecule has 166 valence electrons. The summed E-state index contributed by atoms with van der Waals surface area (Å²) in [6, 6.07) is 8.64. The van der Waals surface area contributed by atoms with Crippen LogP contribution in [0, 0.1) is 6.92 Å². The van der Waals surface area contributed by atoms with Crippen molar-refractivity contribution in [3.63, 3.8) is 0 Å². The number of hydrogen-bond acceptors (Lipinski definition) is 5. The third kappa shape index (κ3) is 3.59. The highest BCUT2D eigenvalue weighted by Gasteiger charge is 2.34. The van der Waals surface area contributed by atoms with Crippen LogP contribution in [0.15, 0.2) is 36.4 Å². The van der Waals surface area contributed by atoms with Gasteiger partial charge in [0, 0.05) is 31.0 Å². The van der Waals surface area contributed by atoms with Crippen molar-refractivity contribution in [1.29, 1.82) is 0 Å². The van der Waals surface area contributed by atoms with Crippen LogP contribution in [0.25, 0.3) is 5.82 Å². The van der Waals surface area contributed by atoms with Crippen LogP contribution in [0.3, 0.4) is 0 Å². The Hall–Kier alpha value is -3.43. The number of halogens is 3. The number of carbonyl (C=O) groups is 1. The molecule has 1 aromatic carbocycles. The zero-order valence-electron chi connectivity index (χ0n) is 17.4. The van der Waals surface area contributed by atoms with Crippen molar-refractivity contribution < 1.29 is 18.0 Å². The number of benzene rings is 1. The number of carbonyl (C=O) groups excluding carboxylic acids is 1. The Balaban J connectivity index is 1.51. The van der Waals surface area contributed by atoms with Crippen LogP contribution in [-0.4, -0.2) is 39.0 Å². The van der Waals surface area contributed by atoms with Crippen molar-refractivity contribution in [3.05, 3.63) is 58.8 Å². The number of fused-ring (bicyclic) bond motifs is 1. The summed E-state index contributed by atoms with van der Waals surface area (Å²) in [6.07, 6.45) is -2.02. The van der Waals surface area contributed by atoms with E-state index in [4.69, 9.17) is 0 Å². The normalized spacial score (nSPS) is 18.6.